The molecule has 0 aliphatic carbocycles. The molecule has 4 rings (SSSR count). The lowest BCUT2D eigenvalue weighted by atomic mass is 10.1. The molecule has 0 bridgehead atoms. The molecule has 0 spiro atoms. The van der Waals surface area contributed by atoms with Gasteiger partial charge in [-0.15, -0.1) is 11.3 Å². The van der Waals surface area contributed by atoms with Crippen molar-refractivity contribution >= 4 is 52.7 Å². The van der Waals surface area contributed by atoms with Gasteiger partial charge in [0.05, 0.1) is 15.9 Å². The number of nitrogens with zero attached hydrogens (tertiary/aromatic N) is 2. The number of esters is 1. The van der Waals surface area contributed by atoms with Crippen LogP contribution in [0.5, 0.6) is 0 Å². The summed E-state index contributed by atoms with van der Waals surface area (Å²) in [6, 6.07) is 14.2. The summed E-state index contributed by atoms with van der Waals surface area (Å²) in [4.78, 5) is 40.0. The quantitative estimate of drug-likeness (QED) is 0.555. The van der Waals surface area contributed by atoms with Crippen molar-refractivity contribution in [3.8, 4) is 0 Å². The SMILES string of the molecule is C=c1s/c(=C2\C(=O)N(CC(=O)OCc3ccccc3)c3ccc(Cl)cc32)c(=O)n1CC. The lowest BCUT2D eigenvalue weighted by Gasteiger charge is -2.16. The molecule has 1 aliphatic heterocycles. The highest BCUT2D eigenvalue weighted by atomic mass is 35.5. The fourth-order valence-corrected chi connectivity index (χ4v) is 4.75. The fourth-order valence-electron chi connectivity index (χ4n) is 3.52. The standard InChI is InChI=1S/C23H19ClN2O4S/c1-3-25-14(2)31-21(23(25)29)20-17-11-16(24)9-10-18(17)26(22(20)28)12-19(27)30-13-15-7-5-4-6-8-15/h4-11H,2-3,12-13H2,1H3/b21-20-. The lowest BCUT2D eigenvalue weighted by Crippen LogP contribution is -2.36. The molecule has 158 valence electrons. The largest absolute Gasteiger partial charge is 0.459 e. The number of carbonyl (C=O) groups excluding carboxylic acids is 2. The number of anilines is 1. The molecule has 1 aromatic heterocycles. The molecule has 2 heterocycles. The number of halogens is 1. The van der Waals surface area contributed by atoms with Gasteiger partial charge in [-0.05, 0) is 30.7 Å². The molecule has 0 saturated carbocycles. The lowest BCUT2D eigenvalue weighted by molar-refractivity contribution is -0.143. The number of fused-ring (bicyclic) bond motifs is 1. The van der Waals surface area contributed by atoms with Gasteiger partial charge in [-0.3, -0.25) is 23.9 Å². The van der Waals surface area contributed by atoms with Gasteiger partial charge in [0.2, 0.25) is 0 Å². The second kappa shape index (κ2) is 8.53. The molecule has 8 heteroatoms. The van der Waals surface area contributed by atoms with Crippen LogP contribution in [0.2, 0.25) is 5.02 Å². The number of hydrogen-bond acceptors (Lipinski definition) is 5. The van der Waals surface area contributed by atoms with Crippen molar-refractivity contribution < 1.29 is 14.3 Å². The van der Waals surface area contributed by atoms with Crippen LogP contribution in [0.1, 0.15) is 18.1 Å². The predicted octanol–water partition coefficient (Wildman–Crippen LogP) is 2.28. The van der Waals surface area contributed by atoms with Crippen LogP contribution in [-0.2, 0) is 27.5 Å². The van der Waals surface area contributed by atoms with Gasteiger partial charge in [0, 0.05) is 17.1 Å². The van der Waals surface area contributed by atoms with Gasteiger partial charge in [0.15, 0.2) is 0 Å². The number of hydrogen-bond donors (Lipinski definition) is 0. The molecule has 0 radical (unpaired) electrons. The first-order chi connectivity index (χ1) is 14.9. The van der Waals surface area contributed by atoms with Crippen molar-refractivity contribution in [1.82, 2.24) is 4.57 Å². The summed E-state index contributed by atoms with van der Waals surface area (Å²) in [7, 11) is 0. The minimum atomic E-state index is -0.547. The van der Waals surface area contributed by atoms with E-state index in [4.69, 9.17) is 16.3 Å². The highest BCUT2D eigenvalue weighted by molar-refractivity contribution is 7.07. The summed E-state index contributed by atoms with van der Waals surface area (Å²) >= 11 is 7.33. The Morgan fingerprint density at radius 3 is 2.58 bits per heavy atom. The molecule has 3 aromatic rings. The number of thiazole rings is 1. The van der Waals surface area contributed by atoms with Crippen molar-refractivity contribution in [2.24, 2.45) is 0 Å². The number of carbonyl (C=O) groups is 2. The van der Waals surface area contributed by atoms with Gasteiger partial charge in [-0.2, -0.15) is 0 Å². The Bertz CT molecular complexity index is 1340. The van der Waals surface area contributed by atoms with E-state index < -0.39 is 11.9 Å². The maximum Gasteiger partial charge on any atom is 0.326 e. The van der Waals surface area contributed by atoms with E-state index in [2.05, 4.69) is 6.58 Å². The highest BCUT2D eigenvalue weighted by Crippen LogP contribution is 2.36. The monoisotopic (exact) mass is 454 g/mol. The topological polar surface area (TPSA) is 68.6 Å². The van der Waals surface area contributed by atoms with Gasteiger partial charge in [0.1, 0.15) is 17.7 Å². The minimum Gasteiger partial charge on any atom is -0.459 e. The fraction of sp³-hybridized carbons (Fsp3) is 0.174. The van der Waals surface area contributed by atoms with Crippen LogP contribution in [-0.4, -0.2) is 23.0 Å². The maximum atomic E-state index is 13.3. The summed E-state index contributed by atoms with van der Waals surface area (Å²) < 4.78 is 7.71. The Morgan fingerprint density at radius 1 is 1.16 bits per heavy atom. The average molecular weight is 455 g/mol. The van der Waals surface area contributed by atoms with E-state index >= 15 is 0 Å². The molecule has 0 fully saturated rings. The Labute approximate surface area is 187 Å². The molecule has 2 aromatic carbocycles. The number of benzene rings is 2. The van der Waals surface area contributed by atoms with Crippen LogP contribution < -0.4 is 19.7 Å². The number of ether oxygens (including phenoxy) is 1. The molecule has 0 unspecified atom stereocenters. The van der Waals surface area contributed by atoms with Crippen LogP contribution in [0.4, 0.5) is 5.69 Å². The molecule has 0 N–H and O–H groups in total. The molecule has 31 heavy (non-hydrogen) atoms. The van der Waals surface area contributed by atoms with Crippen molar-refractivity contribution in [1.29, 1.82) is 0 Å². The number of rotatable bonds is 5. The average Bonchev–Trinajstić information content (AvgIpc) is 3.18. The molecule has 0 saturated heterocycles. The van der Waals surface area contributed by atoms with E-state index in [1.165, 1.54) is 9.47 Å². The molecule has 1 amide bonds. The molecular weight excluding hydrogens is 436 g/mol. The maximum absolute atomic E-state index is 13.3. The van der Waals surface area contributed by atoms with Crippen LogP contribution in [0, 0.1) is 0 Å². The van der Waals surface area contributed by atoms with E-state index in [-0.39, 0.29) is 24.3 Å². The number of aromatic nitrogens is 1. The zero-order valence-corrected chi connectivity index (χ0v) is 18.3. The smallest absolute Gasteiger partial charge is 0.326 e. The van der Waals surface area contributed by atoms with Crippen LogP contribution >= 0.6 is 22.9 Å². The minimum absolute atomic E-state index is 0.114. The molecule has 1 aliphatic rings. The summed E-state index contributed by atoms with van der Waals surface area (Å²) in [5.41, 5.74) is 1.85. The van der Waals surface area contributed by atoms with Crippen LogP contribution in [0.25, 0.3) is 12.2 Å². The summed E-state index contributed by atoms with van der Waals surface area (Å²) in [6.45, 7) is 6.04. The first-order valence-corrected chi connectivity index (χ1v) is 10.8. The van der Waals surface area contributed by atoms with Gasteiger partial charge in [-0.25, -0.2) is 0 Å². The van der Waals surface area contributed by atoms with Crippen LogP contribution in [0.3, 0.4) is 0 Å². The van der Waals surface area contributed by atoms with E-state index in [0.717, 1.165) is 16.9 Å². The Hall–Kier alpha value is -3.16. The first kappa shape index (κ1) is 21.1. The first-order valence-electron chi connectivity index (χ1n) is 9.65. The summed E-state index contributed by atoms with van der Waals surface area (Å²) in [5, 5.41) is 0.430. The van der Waals surface area contributed by atoms with Gasteiger partial charge >= 0.3 is 5.97 Å². The van der Waals surface area contributed by atoms with E-state index in [1.807, 2.05) is 37.3 Å². The Kier molecular flexibility index (Phi) is 5.80. The van der Waals surface area contributed by atoms with Crippen molar-refractivity contribution in [3.05, 3.63) is 84.2 Å². The summed E-state index contributed by atoms with van der Waals surface area (Å²) in [5.74, 6) is -0.982. The summed E-state index contributed by atoms with van der Waals surface area (Å²) in [6.07, 6.45) is 0. The Morgan fingerprint density at radius 2 is 1.90 bits per heavy atom. The Balaban J connectivity index is 1.71. The van der Waals surface area contributed by atoms with Crippen LogP contribution in [0.15, 0.2) is 53.3 Å². The van der Waals surface area contributed by atoms with Crippen molar-refractivity contribution in [2.75, 3.05) is 11.4 Å². The second-order valence-electron chi connectivity index (χ2n) is 6.95. The third-order valence-corrected chi connectivity index (χ3v) is 6.29. The predicted molar refractivity (Wildman–Crippen MR) is 122 cm³/mol. The number of amides is 1. The second-order valence-corrected chi connectivity index (χ2v) is 8.47. The van der Waals surface area contributed by atoms with Crippen molar-refractivity contribution in [2.45, 2.75) is 20.1 Å². The van der Waals surface area contributed by atoms with E-state index in [9.17, 15) is 14.4 Å². The van der Waals surface area contributed by atoms with Gasteiger partial charge in [-0.1, -0.05) is 48.5 Å². The third kappa shape index (κ3) is 3.94. The molecular formula is C23H19ClN2O4S. The highest BCUT2D eigenvalue weighted by Gasteiger charge is 2.35. The van der Waals surface area contributed by atoms with Gasteiger partial charge in [0.25, 0.3) is 11.5 Å². The zero-order valence-electron chi connectivity index (χ0n) is 16.8. The zero-order chi connectivity index (χ0) is 22.1. The third-order valence-electron chi connectivity index (χ3n) is 5.01. The molecule has 0 atom stereocenters. The van der Waals surface area contributed by atoms with Crippen molar-refractivity contribution in [3.63, 3.8) is 0 Å². The van der Waals surface area contributed by atoms with E-state index in [0.29, 0.717) is 32.0 Å². The van der Waals surface area contributed by atoms with E-state index in [1.54, 1.807) is 18.2 Å². The molecule has 6 nitrogen and oxygen atoms in total. The van der Waals surface area contributed by atoms with Gasteiger partial charge < -0.3 is 4.74 Å². The normalized spacial score (nSPS) is 14.6.